The van der Waals surface area contributed by atoms with E-state index in [1.54, 1.807) is 18.3 Å². The summed E-state index contributed by atoms with van der Waals surface area (Å²) in [5.41, 5.74) is 1.30. The number of fused-ring (bicyclic) bond motifs is 1. The molecule has 8 nitrogen and oxygen atoms in total. The summed E-state index contributed by atoms with van der Waals surface area (Å²) in [7, 11) is 2.11. The van der Waals surface area contributed by atoms with Gasteiger partial charge in [-0.25, -0.2) is 4.98 Å². The molecular weight excluding hydrogens is 370 g/mol. The lowest BCUT2D eigenvalue weighted by molar-refractivity contribution is -0.383. The number of carbonyl (C=O) groups is 1. The lowest BCUT2D eigenvalue weighted by atomic mass is 9.96. The third-order valence-corrected chi connectivity index (χ3v) is 6.28. The molecule has 0 bridgehead atoms. The zero-order chi connectivity index (χ0) is 20.5. The second-order valence-corrected chi connectivity index (χ2v) is 8.34. The quantitative estimate of drug-likeness (QED) is 0.629. The molecule has 0 radical (unpaired) electrons. The van der Waals surface area contributed by atoms with Gasteiger partial charge in [-0.2, -0.15) is 0 Å². The van der Waals surface area contributed by atoms with Crippen molar-refractivity contribution in [2.75, 3.05) is 38.1 Å². The van der Waals surface area contributed by atoms with Gasteiger partial charge in [0.2, 0.25) is 5.91 Å². The van der Waals surface area contributed by atoms with Crippen molar-refractivity contribution in [1.82, 2.24) is 15.2 Å². The van der Waals surface area contributed by atoms with Gasteiger partial charge in [-0.15, -0.1) is 0 Å². The highest BCUT2D eigenvalue weighted by molar-refractivity contribution is 5.97. The minimum Gasteiger partial charge on any atom is -0.370 e. The van der Waals surface area contributed by atoms with Crippen LogP contribution in [0.5, 0.6) is 0 Å². The van der Waals surface area contributed by atoms with Crippen LogP contribution in [0.4, 0.5) is 11.4 Å². The first-order valence-corrected chi connectivity index (χ1v) is 10.2. The second kappa shape index (κ2) is 7.94. The van der Waals surface area contributed by atoms with E-state index in [9.17, 15) is 14.9 Å². The minimum atomic E-state index is -0.399. The molecule has 2 saturated heterocycles. The van der Waals surface area contributed by atoms with Gasteiger partial charge < -0.3 is 15.1 Å². The Kier molecular flexibility index (Phi) is 5.36. The number of rotatable bonds is 4. The topological polar surface area (TPSA) is 91.6 Å². The van der Waals surface area contributed by atoms with E-state index in [0.29, 0.717) is 12.1 Å². The highest BCUT2D eigenvalue weighted by Crippen LogP contribution is 2.36. The maximum absolute atomic E-state index is 12.9. The number of likely N-dealkylation sites (tertiary alicyclic amines) is 1. The first-order chi connectivity index (χ1) is 13.9. The number of nitro groups is 1. The lowest BCUT2D eigenvalue weighted by Gasteiger charge is -2.30. The summed E-state index contributed by atoms with van der Waals surface area (Å²) in [5.74, 6) is 0.249. The highest BCUT2D eigenvalue weighted by Gasteiger charge is 2.36. The fourth-order valence-corrected chi connectivity index (χ4v) is 4.53. The van der Waals surface area contributed by atoms with Gasteiger partial charge >= 0.3 is 0 Å². The van der Waals surface area contributed by atoms with Crippen molar-refractivity contribution in [3.63, 3.8) is 0 Å². The Hall–Kier alpha value is -2.74. The lowest BCUT2D eigenvalue weighted by Crippen LogP contribution is -2.46. The Labute approximate surface area is 170 Å². The molecule has 154 valence electrons. The van der Waals surface area contributed by atoms with E-state index >= 15 is 0 Å². The van der Waals surface area contributed by atoms with E-state index in [4.69, 9.17) is 0 Å². The number of piperidine rings is 1. The van der Waals surface area contributed by atoms with Crippen molar-refractivity contribution >= 4 is 28.2 Å². The summed E-state index contributed by atoms with van der Waals surface area (Å²) >= 11 is 0. The number of pyridine rings is 1. The Morgan fingerprint density at radius 1 is 1.24 bits per heavy atom. The molecule has 2 aromatic rings. The Morgan fingerprint density at radius 3 is 2.72 bits per heavy atom. The van der Waals surface area contributed by atoms with Crippen molar-refractivity contribution in [2.45, 2.75) is 25.8 Å². The summed E-state index contributed by atoms with van der Waals surface area (Å²) < 4.78 is 0. The van der Waals surface area contributed by atoms with Crippen LogP contribution in [0.3, 0.4) is 0 Å². The molecule has 2 aliphatic heterocycles. The monoisotopic (exact) mass is 397 g/mol. The third-order valence-electron chi connectivity index (χ3n) is 6.28. The zero-order valence-corrected chi connectivity index (χ0v) is 16.9. The second-order valence-electron chi connectivity index (χ2n) is 8.34. The Bertz CT molecular complexity index is 926. The first-order valence-electron chi connectivity index (χ1n) is 10.2. The molecule has 2 aliphatic rings. The van der Waals surface area contributed by atoms with E-state index in [1.807, 2.05) is 6.07 Å². The van der Waals surface area contributed by atoms with Crippen LogP contribution < -0.4 is 10.2 Å². The van der Waals surface area contributed by atoms with Gasteiger partial charge in [-0.1, -0.05) is 6.92 Å². The maximum atomic E-state index is 12.9. The van der Waals surface area contributed by atoms with Crippen molar-refractivity contribution in [2.24, 2.45) is 11.8 Å². The number of hydrogen-bond donors (Lipinski definition) is 1. The number of nitrogens with zero attached hydrogens (tertiary/aromatic N) is 4. The van der Waals surface area contributed by atoms with Crippen molar-refractivity contribution in [3.05, 3.63) is 40.6 Å². The molecule has 4 rings (SSSR count). The molecule has 1 amide bonds. The molecular formula is C21H27N5O3. The molecule has 0 spiro atoms. The smallest absolute Gasteiger partial charge is 0.295 e. The van der Waals surface area contributed by atoms with Crippen LogP contribution in [0.15, 0.2) is 30.5 Å². The van der Waals surface area contributed by atoms with Gasteiger partial charge in [0.05, 0.1) is 10.8 Å². The minimum absolute atomic E-state index is 0.00755. The van der Waals surface area contributed by atoms with Crippen LogP contribution >= 0.6 is 0 Å². The average molecular weight is 397 g/mol. The van der Waals surface area contributed by atoms with Crippen LogP contribution in [0.1, 0.15) is 19.8 Å². The molecule has 3 heterocycles. The number of non-ortho nitro benzene ring substituents is 1. The van der Waals surface area contributed by atoms with Crippen LogP contribution in [0, 0.1) is 22.0 Å². The van der Waals surface area contributed by atoms with Crippen LogP contribution in [-0.2, 0) is 4.79 Å². The summed E-state index contributed by atoms with van der Waals surface area (Å²) in [5, 5.41) is 15.4. The predicted molar refractivity (Wildman–Crippen MR) is 112 cm³/mol. The molecule has 8 heteroatoms. The fraction of sp³-hybridized carbons (Fsp3) is 0.524. The van der Waals surface area contributed by atoms with Gasteiger partial charge in [-0.3, -0.25) is 14.9 Å². The third kappa shape index (κ3) is 3.89. The molecule has 1 N–H and O–H groups in total. The average Bonchev–Trinajstić information content (AvgIpc) is 3.10. The first kappa shape index (κ1) is 19.6. The largest absolute Gasteiger partial charge is 0.370 e. The standard InChI is InChI=1S/C21H27N5O3/c1-14-12-25(13-17(14)21(27)23-15-7-10-24(2)11-8-15)18-5-6-19(26(28)29)20-16(18)4-3-9-22-20/h3-6,9,14-15,17H,7-8,10-13H2,1-2H3,(H,23,27). The van der Waals surface area contributed by atoms with Crippen LogP contribution in [-0.4, -0.2) is 60.0 Å². The number of amides is 1. The molecule has 1 aromatic heterocycles. The van der Waals surface area contributed by atoms with Crippen molar-refractivity contribution < 1.29 is 9.72 Å². The van der Waals surface area contributed by atoms with Crippen molar-refractivity contribution in [3.8, 4) is 0 Å². The maximum Gasteiger partial charge on any atom is 0.295 e. The van der Waals surface area contributed by atoms with E-state index in [1.165, 1.54) is 6.07 Å². The zero-order valence-electron chi connectivity index (χ0n) is 16.9. The van der Waals surface area contributed by atoms with Gasteiger partial charge in [0, 0.05) is 42.5 Å². The number of aromatic nitrogens is 1. The molecule has 1 aromatic carbocycles. The van der Waals surface area contributed by atoms with Crippen LogP contribution in [0.25, 0.3) is 10.9 Å². The summed E-state index contributed by atoms with van der Waals surface area (Å²) in [6.45, 7) is 5.48. The van der Waals surface area contributed by atoms with Crippen LogP contribution in [0.2, 0.25) is 0 Å². The molecule has 29 heavy (non-hydrogen) atoms. The molecule has 0 aliphatic carbocycles. The molecule has 0 saturated carbocycles. The summed E-state index contributed by atoms with van der Waals surface area (Å²) in [6, 6.07) is 7.21. The highest BCUT2D eigenvalue weighted by atomic mass is 16.6. The number of benzene rings is 1. The van der Waals surface area contributed by atoms with E-state index < -0.39 is 4.92 Å². The fourth-order valence-electron chi connectivity index (χ4n) is 4.53. The number of carbonyl (C=O) groups excluding carboxylic acids is 1. The van der Waals surface area contributed by atoms with Gasteiger partial charge in [0.15, 0.2) is 0 Å². The number of nitrogens with one attached hydrogen (secondary N) is 1. The van der Waals surface area contributed by atoms with Crippen molar-refractivity contribution in [1.29, 1.82) is 0 Å². The Morgan fingerprint density at radius 2 is 2.00 bits per heavy atom. The SMILES string of the molecule is CC1CN(c2ccc([N+](=O)[O-])c3ncccc23)CC1C(=O)NC1CCN(C)CC1. The van der Waals surface area contributed by atoms with E-state index in [-0.39, 0.29) is 29.5 Å². The molecule has 2 fully saturated rings. The number of hydrogen-bond acceptors (Lipinski definition) is 6. The number of nitro benzene ring substituents is 1. The Balaban J connectivity index is 1.52. The van der Waals surface area contributed by atoms with E-state index in [2.05, 4.69) is 34.1 Å². The van der Waals surface area contributed by atoms with E-state index in [0.717, 1.165) is 43.5 Å². The normalized spacial score (nSPS) is 23.4. The van der Waals surface area contributed by atoms with Gasteiger partial charge in [0.1, 0.15) is 5.52 Å². The molecule has 2 atom stereocenters. The molecule has 2 unspecified atom stereocenters. The van der Waals surface area contributed by atoms with Gasteiger partial charge in [0.25, 0.3) is 5.69 Å². The van der Waals surface area contributed by atoms with Gasteiger partial charge in [-0.05, 0) is 57.1 Å². The summed E-state index contributed by atoms with van der Waals surface area (Å²) in [6.07, 6.45) is 3.56. The number of anilines is 1. The summed E-state index contributed by atoms with van der Waals surface area (Å²) in [4.78, 5) is 32.6. The predicted octanol–water partition coefficient (Wildman–Crippen LogP) is 2.43.